The van der Waals surface area contributed by atoms with Crippen molar-refractivity contribution in [3.05, 3.63) is 22.7 Å². The molecular weight excluding hydrogens is 330 g/mol. The van der Waals surface area contributed by atoms with E-state index in [4.69, 9.17) is 21.1 Å². The third kappa shape index (κ3) is 3.85. The number of amides is 1. The summed E-state index contributed by atoms with van der Waals surface area (Å²) < 4.78 is 11.3. The molecule has 0 radical (unpaired) electrons. The zero-order valence-electron chi connectivity index (χ0n) is 14.0. The number of rotatable bonds is 4. The second-order valence-corrected chi connectivity index (χ2v) is 6.94. The van der Waals surface area contributed by atoms with Gasteiger partial charge in [0.25, 0.3) is 0 Å². The van der Waals surface area contributed by atoms with Crippen molar-refractivity contribution in [3.8, 4) is 5.75 Å². The molecule has 0 spiro atoms. The molecule has 0 bridgehead atoms. The number of phenols is 1. The van der Waals surface area contributed by atoms with Crippen molar-refractivity contribution in [2.24, 2.45) is 5.92 Å². The number of aryl methyl sites for hydroxylation is 1. The third-order valence-electron chi connectivity index (χ3n) is 4.73. The van der Waals surface area contributed by atoms with Crippen LogP contribution in [0, 0.1) is 5.92 Å². The first-order valence-corrected chi connectivity index (χ1v) is 9.00. The molecule has 1 amide bonds. The Hall–Kier alpha value is -1.30. The fourth-order valence-corrected chi connectivity index (χ4v) is 3.46. The maximum absolute atomic E-state index is 12.7. The number of ether oxygens (including phenoxy) is 2. The van der Waals surface area contributed by atoms with Crippen LogP contribution in [-0.4, -0.2) is 37.1 Å². The number of aromatic hydroxyl groups is 1. The highest BCUT2D eigenvalue weighted by Gasteiger charge is 2.28. The number of hydrogen-bond acceptors (Lipinski definition) is 4. The van der Waals surface area contributed by atoms with E-state index >= 15 is 0 Å². The van der Waals surface area contributed by atoms with Gasteiger partial charge < -0.3 is 19.5 Å². The fourth-order valence-electron chi connectivity index (χ4n) is 3.27. The van der Waals surface area contributed by atoms with E-state index < -0.39 is 0 Å². The molecule has 1 saturated heterocycles. The first kappa shape index (κ1) is 17.5. The SMILES string of the molecule is CC1CCc2cc(Cl)c(O)cc2N(CCOC2CCCCO2)C1=O. The number of benzene rings is 1. The number of anilines is 1. The Balaban J connectivity index is 1.74. The molecule has 1 N–H and O–H groups in total. The number of carbonyl (C=O) groups excluding carboxylic acids is 1. The molecule has 1 aromatic carbocycles. The summed E-state index contributed by atoms with van der Waals surface area (Å²) in [6.07, 6.45) is 4.46. The molecule has 5 nitrogen and oxygen atoms in total. The molecule has 0 aliphatic carbocycles. The van der Waals surface area contributed by atoms with E-state index in [2.05, 4.69) is 0 Å². The summed E-state index contributed by atoms with van der Waals surface area (Å²) in [6, 6.07) is 3.35. The molecule has 2 aliphatic heterocycles. The van der Waals surface area contributed by atoms with Gasteiger partial charge in [0, 0.05) is 25.1 Å². The minimum Gasteiger partial charge on any atom is -0.506 e. The smallest absolute Gasteiger partial charge is 0.229 e. The van der Waals surface area contributed by atoms with Gasteiger partial charge in [-0.3, -0.25) is 4.79 Å². The van der Waals surface area contributed by atoms with Crippen molar-refractivity contribution < 1.29 is 19.4 Å². The van der Waals surface area contributed by atoms with Crippen LogP contribution in [0.1, 0.15) is 38.2 Å². The number of fused-ring (bicyclic) bond motifs is 1. The Morgan fingerprint density at radius 3 is 2.96 bits per heavy atom. The van der Waals surface area contributed by atoms with E-state index in [1.54, 1.807) is 17.0 Å². The average molecular weight is 354 g/mol. The number of halogens is 1. The van der Waals surface area contributed by atoms with E-state index in [0.717, 1.165) is 50.0 Å². The van der Waals surface area contributed by atoms with Crippen LogP contribution in [-0.2, 0) is 20.7 Å². The number of hydrogen-bond donors (Lipinski definition) is 1. The minimum atomic E-state index is -0.170. The van der Waals surface area contributed by atoms with E-state index in [1.165, 1.54) is 0 Å². The van der Waals surface area contributed by atoms with Crippen LogP contribution in [0.4, 0.5) is 5.69 Å². The summed E-state index contributed by atoms with van der Waals surface area (Å²) in [7, 11) is 0. The van der Waals surface area contributed by atoms with Crippen LogP contribution in [0.3, 0.4) is 0 Å². The second kappa shape index (κ2) is 7.72. The lowest BCUT2D eigenvalue weighted by molar-refractivity contribution is -0.161. The first-order chi connectivity index (χ1) is 11.6. The Labute approximate surface area is 147 Å². The summed E-state index contributed by atoms with van der Waals surface area (Å²) in [5.74, 6) is -0.00724. The lowest BCUT2D eigenvalue weighted by Crippen LogP contribution is -2.38. The highest BCUT2D eigenvalue weighted by atomic mass is 35.5. The lowest BCUT2D eigenvalue weighted by atomic mass is 10.0. The van der Waals surface area contributed by atoms with Gasteiger partial charge in [-0.05, 0) is 43.7 Å². The van der Waals surface area contributed by atoms with E-state index in [0.29, 0.717) is 18.2 Å². The second-order valence-electron chi connectivity index (χ2n) is 6.53. The maximum Gasteiger partial charge on any atom is 0.229 e. The molecule has 0 aromatic heterocycles. The normalized spacial score (nSPS) is 24.6. The van der Waals surface area contributed by atoms with Crippen LogP contribution < -0.4 is 4.90 Å². The highest BCUT2D eigenvalue weighted by molar-refractivity contribution is 6.32. The molecule has 2 unspecified atom stereocenters. The fraction of sp³-hybridized carbons (Fsp3) is 0.611. The Morgan fingerprint density at radius 2 is 2.21 bits per heavy atom. The van der Waals surface area contributed by atoms with Crippen molar-refractivity contribution in [2.75, 3.05) is 24.7 Å². The van der Waals surface area contributed by atoms with Gasteiger partial charge in [-0.25, -0.2) is 0 Å². The van der Waals surface area contributed by atoms with Gasteiger partial charge in [-0.15, -0.1) is 0 Å². The van der Waals surface area contributed by atoms with Crippen molar-refractivity contribution in [3.63, 3.8) is 0 Å². The maximum atomic E-state index is 12.7. The van der Waals surface area contributed by atoms with Gasteiger partial charge in [0.15, 0.2) is 6.29 Å². The van der Waals surface area contributed by atoms with Gasteiger partial charge in [0.05, 0.1) is 17.3 Å². The monoisotopic (exact) mass is 353 g/mol. The predicted octanol–water partition coefficient (Wildman–Crippen LogP) is 3.50. The first-order valence-electron chi connectivity index (χ1n) is 8.62. The van der Waals surface area contributed by atoms with Crippen molar-refractivity contribution >= 4 is 23.2 Å². The largest absolute Gasteiger partial charge is 0.506 e. The molecular formula is C18H24ClNO4. The van der Waals surface area contributed by atoms with Crippen molar-refractivity contribution in [1.82, 2.24) is 0 Å². The molecule has 3 rings (SSSR count). The van der Waals surface area contributed by atoms with Crippen LogP contribution in [0.15, 0.2) is 12.1 Å². The molecule has 1 aromatic rings. The predicted molar refractivity (Wildman–Crippen MR) is 92.5 cm³/mol. The summed E-state index contributed by atoms with van der Waals surface area (Å²) in [5, 5.41) is 10.3. The molecule has 1 fully saturated rings. The van der Waals surface area contributed by atoms with Gasteiger partial charge in [0.2, 0.25) is 5.91 Å². The highest BCUT2D eigenvalue weighted by Crippen LogP contribution is 2.36. The van der Waals surface area contributed by atoms with Crippen LogP contribution in [0.2, 0.25) is 5.02 Å². The Bertz CT molecular complexity index is 601. The van der Waals surface area contributed by atoms with Gasteiger partial charge in [-0.1, -0.05) is 18.5 Å². The van der Waals surface area contributed by atoms with E-state index in [9.17, 15) is 9.90 Å². The summed E-state index contributed by atoms with van der Waals surface area (Å²) in [6.45, 7) is 3.52. The number of nitrogens with zero attached hydrogens (tertiary/aromatic N) is 1. The number of carbonyl (C=O) groups is 1. The molecule has 0 saturated carbocycles. The van der Waals surface area contributed by atoms with E-state index in [-0.39, 0.29) is 23.9 Å². The summed E-state index contributed by atoms with van der Waals surface area (Å²) in [5.41, 5.74) is 1.73. The molecule has 2 heterocycles. The van der Waals surface area contributed by atoms with E-state index in [1.807, 2.05) is 6.92 Å². The third-order valence-corrected chi connectivity index (χ3v) is 5.03. The lowest BCUT2D eigenvalue weighted by Gasteiger charge is -2.27. The van der Waals surface area contributed by atoms with Crippen molar-refractivity contribution in [1.29, 1.82) is 0 Å². The molecule has 2 atom stereocenters. The standard InChI is InChI=1S/C18H24ClNO4/c1-12-5-6-13-10-14(19)16(21)11-15(13)20(18(12)22)7-9-24-17-4-2-3-8-23-17/h10-12,17,21H,2-9H2,1H3. The topological polar surface area (TPSA) is 59.0 Å². The van der Waals surface area contributed by atoms with Gasteiger partial charge >= 0.3 is 0 Å². The summed E-state index contributed by atoms with van der Waals surface area (Å²) in [4.78, 5) is 14.4. The zero-order valence-corrected chi connectivity index (χ0v) is 14.7. The Morgan fingerprint density at radius 1 is 1.38 bits per heavy atom. The molecule has 132 valence electrons. The van der Waals surface area contributed by atoms with Crippen LogP contribution >= 0.6 is 11.6 Å². The molecule has 24 heavy (non-hydrogen) atoms. The average Bonchev–Trinajstić information content (AvgIpc) is 2.69. The summed E-state index contributed by atoms with van der Waals surface area (Å²) >= 11 is 6.03. The molecule has 6 heteroatoms. The number of phenolic OH excluding ortho intramolecular Hbond substituents is 1. The van der Waals surface area contributed by atoms with Crippen molar-refractivity contribution in [2.45, 2.75) is 45.3 Å². The molecule has 2 aliphatic rings. The van der Waals surface area contributed by atoms with Crippen LogP contribution in [0.5, 0.6) is 5.75 Å². The van der Waals surface area contributed by atoms with Gasteiger partial charge in [0.1, 0.15) is 5.75 Å². The van der Waals surface area contributed by atoms with Crippen LogP contribution in [0.25, 0.3) is 0 Å². The quantitative estimate of drug-likeness (QED) is 0.900. The Kier molecular flexibility index (Phi) is 5.64. The minimum absolute atomic E-state index is 0.000646. The van der Waals surface area contributed by atoms with Gasteiger partial charge in [-0.2, -0.15) is 0 Å². The zero-order chi connectivity index (χ0) is 17.1.